The van der Waals surface area contributed by atoms with Crippen molar-refractivity contribution in [1.29, 1.82) is 0 Å². The van der Waals surface area contributed by atoms with Crippen LogP contribution >= 0.6 is 11.3 Å². The molecule has 0 saturated carbocycles. The average molecular weight is 293 g/mol. The number of aromatic nitrogens is 1. The van der Waals surface area contributed by atoms with Crippen LogP contribution in [-0.2, 0) is 20.0 Å². The summed E-state index contributed by atoms with van der Waals surface area (Å²) in [6.45, 7) is 0.733. The van der Waals surface area contributed by atoms with E-state index in [0.717, 1.165) is 4.88 Å². The second kappa shape index (κ2) is 4.73. The maximum atomic E-state index is 12.7. The number of rotatable bonds is 2. The maximum absolute atomic E-state index is 12.7. The van der Waals surface area contributed by atoms with Crippen molar-refractivity contribution in [3.8, 4) is 5.75 Å². The molecular formula is C14H17N2O3S+. The zero-order chi connectivity index (χ0) is 14.3. The third-order valence-corrected chi connectivity index (χ3v) is 4.78. The molecule has 0 aromatic carbocycles. The summed E-state index contributed by atoms with van der Waals surface area (Å²) in [5.74, 6) is 0.189. The highest BCUT2D eigenvalue weighted by molar-refractivity contribution is 7.10. The van der Waals surface area contributed by atoms with Crippen LogP contribution in [0, 0.1) is 0 Å². The Kier molecular flexibility index (Phi) is 3.16. The Balaban J connectivity index is 1.96. The molecule has 0 spiro atoms. The van der Waals surface area contributed by atoms with Gasteiger partial charge in [0.05, 0.1) is 12.0 Å². The standard InChI is InChI=1S/C14H17N2O3S/c1-15-6-3-11(19-2)13(15)14(17)16(18)7-4-10-5-8-20-12(10)9-16/h3,5-6,8,18H,4,7,9H2,1-2H3/q+1. The number of aryl methyl sites for hydroxylation is 1. The van der Waals surface area contributed by atoms with E-state index >= 15 is 0 Å². The Bertz CT molecular complexity index is 661. The van der Waals surface area contributed by atoms with E-state index in [1.807, 2.05) is 5.38 Å². The van der Waals surface area contributed by atoms with Crippen molar-refractivity contribution in [3.05, 3.63) is 39.8 Å². The first-order chi connectivity index (χ1) is 9.55. The van der Waals surface area contributed by atoms with Crippen molar-refractivity contribution in [1.82, 2.24) is 4.57 Å². The number of methoxy groups -OCH3 is 1. The van der Waals surface area contributed by atoms with Gasteiger partial charge in [0.1, 0.15) is 6.54 Å². The third-order valence-electron chi connectivity index (χ3n) is 3.83. The van der Waals surface area contributed by atoms with Crippen LogP contribution in [0.4, 0.5) is 0 Å². The second-order valence-electron chi connectivity index (χ2n) is 5.07. The lowest BCUT2D eigenvalue weighted by Crippen LogP contribution is -2.52. The van der Waals surface area contributed by atoms with E-state index in [2.05, 4.69) is 6.07 Å². The molecule has 1 aliphatic heterocycles. The van der Waals surface area contributed by atoms with E-state index in [0.29, 0.717) is 31.0 Å². The predicted molar refractivity (Wildman–Crippen MR) is 74.9 cm³/mol. The van der Waals surface area contributed by atoms with Gasteiger partial charge in [0.15, 0.2) is 18.0 Å². The van der Waals surface area contributed by atoms with Gasteiger partial charge >= 0.3 is 5.91 Å². The fourth-order valence-corrected chi connectivity index (χ4v) is 3.65. The van der Waals surface area contributed by atoms with Gasteiger partial charge in [-0.25, -0.2) is 10.0 Å². The molecule has 1 aliphatic rings. The van der Waals surface area contributed by atoms with Crippen LogP contribution in [0.3, 0.4) is 0 Å². The largest absolute Gasteiger partial charge is 0.494 e. The first kappa shape index (κ1) is 13.4. The van der Waals surface area contributed by atoms with Crippen molar-refractivity contribution in [2.75, 3.05) is 13.7 Å². The van der Waals surface area contributed by atoms with E-state index in [1.54, 1.807) is 35.2 Å². The first-order valence-electron chi connectivity index (χ1n) is 6.44. The number of carbonyl (C=O) groups excluding carboxylic acids is 1. The van der Waals surface area contributed by atoms with Crippen LogP contribution in [0.15, 0.2) is 23.7 Å². The highest BCUT2D eigenvalue weighted by atomic mass is 32.1. The SMILES string of the molecule is COc1ccn(C)c1C(=O)[N+]1(O)CCc2ccsc2C1. The van der Waals surface area contributed by atoms with Crippen LogP contribution in [0.5, 0.6) is 5.75 Å². The quantitative estimate of drug-likeness (QED) is 0.682. The van der Waals surface area contributed by atoms with Crippen molar-refractivity contribution in [2.24, 2.45) is 7.05 Å². The molecule has 0 fully saturated rings. The summed E-state index contributed by atoms with van der Waals surface area (Å²) in [6.07, 6.45) is 2.48. The summed E-state index contributed by atoms with van der Waals surface area (Å²) in [7, 11) is 3.31. The number of amides is 1. The molecule has 106 valence electrons. The molecule has 0 saturated heterocycles. The minimum Gasteiger partial charge on any atom is -0.494 e. The Hall–Kier alpha value is -1.63. The smallest absolute Gasteiger partial charge is 0.398 e. The summed E-state index contributed by atoms with van der Waals surface area (Å²) < 4.78 is 6.33. The molecule has 5 nitrogen and oxygen atoms in total. The fraction of sp³-hybridized carbons (Fsp3) is 0.357. The number of ether oxygens (including phenoxy) is 1. The molecule has 3 heterocycles. The summed E-state index contributed by atoms with van der Waals surface area (Å²) >= 11 is 1.59. The highest BCUT2D eigenvalue weighted by Gasteiger charge is 2.43. The number of quaternary nitrogens is 1. The summed E-state index contributed by atoms with van der Waals surface area (Å²) in [5, 5.41) is 12.8. The molecule has 0 bridgehead atoms. The minimum atomic E-state index is -0.582. The van der Waals surface area contributed by atoms with Crippen LogP contribution in [-0.4, -0.2) is 34.0 Å². The molecule has 1 N–H and O–H groups in total. The summed E-state index contributed by atoms with van der Waals surface area (Å²) in [4.78, 5) is 13.8. The Morgan fingerprint density at radius 1 is 1.50 bits per heavy atom. The Morgan fingerprint density at radius 2 is 2.30 bits per heavy atom. The molecule has 0 aliphatic carbocycles. The number of carbonyl (C=O) groups is 1. The Morgan fingerprint density at radius 3 is 3.05 bits per heavy atom. The molecule has 2 aromatic heterocycles. The molecule has 0 radical (unpaired) electrons. The van der Waals surface area contributed by atoms with Gasteiger partial charge in [0, 0.05) is 19.7 Å². The van der Waals surface area contributed by atoms with Gasteiger partial charge in [-0.1, -0.05) is 0 Å². The minimum absolute atomic E-state index is 0.312. The predicted octanol–water partition coefficient (Wildman–Crippen LogP) is 2.20. The lowest BCUT2D eigenvalue weighted by atomic mass is 10.1. The van der Waals surface area contributed by atoms with Gasteiger partial charge in [-0.2, -0.15) is 0 Å². The van der Waals surface area contributed by atoms with Gasteiger partial charge in [-0.05, 0) is 23.1 Å². The van der Waals surface area contributed by atoms with Crippen LogP contribution in [0.2, 0.25) is 0 Å². The van der Waals surface area contributed by atoms with Gasteiger partial charge in [0.2, 0.25) is 0 Å². The fourth-order valence-electron chi connectivity index (χ4n) is 2.65. The molecule has 1 atom stereocenters. The van der Waals surface area contributed by atoms with Crippen molar-refractivity contribution >= 4 is 17.2 Å². The molecular weight excluding hydrogens is 276 g/mol. The second-order valence-corrected chi connectivity index (χ2v) is 6.07. The normalized spacial score (nSPS) is 21.6. The number of hydroxylamine groups is 3. The first-order valence-corrected chi connectivity index (χ1v) is 7.32. The van der Waals surface area contributed by atoms with E-state index in [-0.39, 0.29) is 5.91 Å². The van der Waals surface area contributed by atoms with E-state index < -0.39 is 4.65 Å². The summed E-state index contributed by atoms with van der Waals surface area (Å²) in [6, 6.07) is 3.80. The van der Waals surface area contributed by atoms with Gasteiger partial charge in [-0.15, -0.1) is 16.0 Å². The van der Waals surface area contributed by atoms with Crippen LogP contribution < -0.4 is 4.74 Å². The zero-order valence-electron chi connectivity index (χ0n) is 11.5. The van der Waals surface area contributed by atoms with Gasteiger partial charge in [0.25, 0.3) is 0 Å². The molecule has 1 amide bonds. The zero-order valence-corrected chi connectivity index (χ0v) is 12.3. The molecule has 2 aromatic rings. The Labute approximate surface area is 121 Å². The topological polar surface area (TPSA) is 51.5 Å². The molecule has 20 heavy (non-hydrogen) atoms. The van der Waals surface area contributed by atoms with Gasteiger partial charge in [-0.3, -0.25) is 0 Å². The monoisotopic (exact) mass is 293 g/mol. The van der Waals surface area contributed by atoms with E-state index in [9.17, 15) is 10.0 Å². The van der Waals surface area contributed by atoms with Gasteiger partial charge < -0.3 is 9.30 Å². The average Bonchev–Trinajstić information content (AvgIpc) is 3.03. The molecule has 1 unspecified atom stereocenters. The summed E-state index contributed by atoms with van der Waals surface area (Å²) in [5.41, 5.74) is 1.65. The van der Waals surface area contributed by atoms with E-state index in [1.165, 1.54) is 12.7 Å². The number of nitrogens with zero attached hydrogens (tertiary/aromatic N) is 2. The molecule has 3 rings (SSSR count). The van der Waals surface area contributed by atoms with Crippen molar-refractivity contribution in [2.45, 2.75) is 13.0 Å². The number of hydrogen-bond acceptors (Lipinski definition) is 4. The maximum Gasteiger partial charge on any atom is 0.398 e. The van der Waals surface area contributed by atoms with Crippen molar-refractivity contribution in [3.63, 3.8) is 0 Å². The highest BCUT2D eigenvalue weighted by Crippen LogP contribution is 2.31. The number of fused-ring (bicyclic) bond motifs is 1. The molecule has 6 heteroatoms. The van der Waals surface area contributed by atoms with Crippen LogP contribution in [0.1, 0.15) is 20.9 Å². The number of hydrogen-bond donors (Lipinski definition) is 1. The third kappa shape index (κ3) is 1.96. The lowest BCUT2D eigenvalue weighted by molar-refractivity contribution is -1.05. The number of thiophene rings is 1. The lowest BCUT2D eigenvalue weighted by Gasteiger charge is -2.30. The van der Waals surface area contributed by atoms with Crippen LogP contribution in [0.25, 0.3) is 0 Å². The van der Waals surface area contributed by atoms with E-state index in [4.69, 9.17) is 4.74 Å². The van der Waals surface area contributed by atoms with Crippen molar-refractivity contribution < 1.29 is 19.4 Å².